The highest BCUT2D eigenvalue weighted by Crippen LogP contribution is 2.28. The number of benzene rings is 1. The number of imide groups is 1. The maximum atomic E-state index is 12.7. The van der Waals surface area contributed by atoms with Gasteiger partial charge >= 0.3 is 0 Å². The number of nitrogens with zero attached hydrogens (tertiary/aromatic N) is 5. The summed E-state index contributed by atoms with van der Waals surface area (Å²) in [5.74, 6) is -0.473. The lowest BCUT2D eigenvalue weighted by Gasteiger charge is -2.34. The second-order valence-corrected chi connectivity index (χ2v) is 9.06. The number of aromatic nitrogens is 2. The van der Waals surface area contributed by atoms with E-state index >= 15 is 0 Å². The molecule has 9 heteroatoms. The summed E-state index contributed by atoms with van der Waals surface area (Å²) in [6.07, 6.45) is 2.55. The molecule has 4 heterocycles. The van der Waals surface area contributed by atoms with Gasteiger partial charge in [-0.25, -0.2) is 9.97 Å². The molecule has 0 aliphatic carbocycles. The largest absolute Gasteiger partial charge is 0.344 e. The van der Waals surface area contributed by atoms with Crippen molar-refractivity contribution in [1.82, 2.24) is 19.8 Å². The summed E-state index contributed by atoms with van der Waals surface area (Å²) >= 11 is 1.57. The highest BCUT2D eigenvalue weighted by atomic mass is 32.1. The minimum Gasteiger partial charge on any atom is -0.344 e. The first-order valence-corrected chi connectivity index (χ1v) is 11.5. The van der Waals surface area contributed by atoms with Crippen molar-refractivity contribution in [2.24, 2.45) is 0 Å². The van der Waals surface area contributed by atoms with Gasteiger partial charge in [-0.15, -0.1) is 0 Å². The molecule has 0 unspecified atom stereocenters. The van der Waals surface area contributed by atoms with Crippen molar-refractivity contribution in [3.63, 3.8) is 0 Å². The van der Waals surface area contributed by atoms with E-state index in [1.165, 1.54) is 4.90 Å². The minimum absolute atomic E-state index is 0.0584. The predicted octanol–water partition coefficient (Wildman–Crippen LogP) is 2.72. The average Bonchev–Trinajstić information content (AvgIpc) is 3.34. The van der Waals surface area contributed by atoms with Crippen molar-refractivity contribution < 1.29 is 14.4 Å². The van der Waals surface area contributed by atoms with Crippen molar-refractivity contribution in [1.29, 1.82) is 0 Å². The first kappa shape index (κ1) is 20.6. The Hall–Kier alpha value is -3.33. The molecule has 32 heavy (non-hydrogen) atoms. The third-order valence-corrected chi connectivity index (χ3v) is 7.00. The highest BCUT2D eigenvalue weighted by molar-refractivity contribution is 7.21. The molecule has 0 N–H and O–H groups in total. The normalized spacial score (nSPS) is 16.2. The number of hydrogen-bond donors (Lipinski definition) is 0. The van der Waals surface area contributed by atoms with Crippen LogP contribution in [0.25, 0.3) is 10.3 Å². The molecule has 2 aliphatic rings. The van der Waals surface area contributed by atoms with Crippen molar-refractivity contribution in [2.75, 3.05) is 37.6 Å². The Labute approximate surface area is 189 Å². The Morgan fingerprint density at radius 1 is 1.06 bits per heavy atom. The van der Waals surface area contributed by atoms with Crippen molar-refractivity contribution >= 4 is 44.5 Å². The fraction of sp³-hybridized carbons (Fsp3) is 0.348. The molecule has 2 aromatic heterocycles. The van der Waals surface area contributed by atoms with Gasteiger partial charge in [0.25, 0.3) is 11.8 Å². The summed E-state index contributed by atoms with van der Waals surface area (Å²) in [7, 11) is 0. The number of hydrogen-bond acceptors (Lipinski definition) is 7. The smallest absolute Gasteiger partial charge is 0.261 e. The lowest BCUT2D eigenvalue weighted by atomic mass is 10.1. The van der Waals surface area contributed by atoms with E-state index in [1.807, 2.05) is 30.0 Å². The lowest BCUT2D eigenvalue weighted by Crippen LogP contribution is -2.48. The number of fused-ring (bicyclic) bond motifs is 2. The SMILES string of the molecule is Cc1ccc2c(c1)C(=O)N(CCCC(=O)N1CCN(c3nc4cccnc4s3)CC1)C2=O. The summed E-state index contributed by atoms with van der Waals surface area (Å²) in [5, 5.41) is 0.937. The minimum atomic E-state index is -0.267. The molecule has 1 aromatic carbocycles. The van der Waals surface area contributed by atoms with Crippen LogP contribution in [0.15, 0.2) is 36.5 Å². The van der Waals surface area contributed by atoms with Crippen LogP contribution in [0.2, 0.25) is 0 Å². The summed E-state index contributed by atoms with van der Waals surface area (Å²) in [5.41, 5.74) is 2.76. The molecule has 3 amide bonds. The monoisotopic (exact) mass is 449 g/mol. The molecule has 164 valence electrons. The Kier molecular flexibility index (Phi) is 5.34. The number of pyridine rings is 1. The van der Waals surface area contributed by atoms with Crippen LogP contribution in [-0.2, 0) is 4.79 Å². The number of amides is 3. The third kappa shape index (κ3) is 3.73. The summed E-state index contributed by atoms with van der Waals surface area (Å²) < 4.78 is 0. The van der Waals surface area contributed by atoms with Crippen LogP contribution in [0.4, 0.5) is 5.13 Å². The molecular weight excluding hydrogens is 426 g/mol. The zero-order valence-electron chi connectivity index (χ0n) is 17.8. The first-order chi connectivity index (χ1) is 15.5. The van der Waals surface area contributed by atoms with Gasteiger partial charge in [-0.05, 0) is 37.6 Å². The van der Waals surface area contributed by atoms with E-state index in [-0.39, 0.29) is 24.3 Å². The van der Waals surface area contributed by atoms with Crippen LogP contribution in [0.1, 0.15) is 39.1 Å². The Morgan fingerprint density at radius 2 is 1.84 bits per heavy atom. The topological polar surface area (TPSA) is 86.7 Å². The maximum Gasteiger partial charge on any atom is 0.261 e. The fourth-order valence-corrected chi connectivity index (χ4v) is 5.16. The quantitative estimate of drug-likeness (QED) is 0.557. The van der Waals surface area contributed by atoms with Gasteiger partial charge in [0.1, 0.15) is 10.3 Å². The summed E-state index contributed by atoms with van der Waals surface area (Å²) in [6.45, 7) is 4.87. The van der Waals surface area contributed by atoms with Gasteiger partial charge in [-0.1, -0.05) is 23.0 Å². The number of anilines is 1. The third-order valence-electron chi connectivity index (χ3n) is 5.96. The van der Waals surface area contributed by atoms with Gasteiger partial charge in [-0.3, -0.25) is 19.3 Å². The lowest BCUT2D eigenvalue weighted by molar-refractivity contribution is -0.131. The summed E-state index contributed by atoms with van der Waals surface area (Å²) in [4.78, 5) is 53.0. The van der Waals surface area contributed by atoms with Gasteiger partial charge in [0.2, 0.25) is 5.91 Å². The molecule has 0 atom stereocenters. The van der Waals surface area contributed by atoms with Gasteiger partial charge < -0.3 is 9.80 Å². The average molecular weight is 450 g/mol. The second kappa shape index (κ2) is 8.31. The van der Waals surface area contributed by atoms with E-state index in [0.717, 1.165) is 34.1 Å². The number of aryl methyl sites for hydroxylation is 1. The van der Waals surface area contributed by atoms with Crippen molar-refractivity contribution in [3.8, 4) is 0 Å². The molecule has 3 aromatic rings. The highest BCUT2D eigenvalue weighted by Gasteiger charge is 2.35. The van der Waals surface area contributed by atoms with Crippen LogP contribution in [0.5, 0.6) is 0 Å². The maximum absolute atomic E-state index is 12.7. The summed E-state index contributed by atoms with van der Waals surface area (Å²) in [6, 6.07) is 9.13. The van der Waals surface area contributed by atoms with E-state index in [0.29, 0.717) is 37.1 Å². The molecule has 8 nitrogen and oxygen atoms in total. The molecule has 0 saturated carbocycles. The van der Waals surface area contributed by atoms with Crippen LogP contribution in [0.3, 0.4) is 0 Å². The zero-order valence-corrected chi connectivity index (χ0v) is 18.6. The van der Waals surface area contributed by atoms with E-state index in [2.05, 4.69) is 14.9 Å². The van der Waals surface area contributed by atoms with Gasteiger partial charge in [-0.2, -0.15) is 0 Å². The number of carbonyl (C=O) groups excluding carboxylic acids is 3. The van der Waals surface area contributed by atoms with Gasteiger partial charge in [0.15, 0.2) is 5.13 Å². The molecule has 0 radical (unpaired) electrons. The molecule has 1 saturated heterocycles. The van der Waals surface area contributed by atoms with E-state index in [1.54, 1.807) is 29.7 Å². The molecular formula is C23H23N5O3S. The standard InChI is InChI=1S/C23H23N5O3S/c1-15-6-7-16-17(14-15)22(31)28(21(16)30)9-3-5-19(29)26-10-12-27(13-11-26)23-25-18-4-2-8-24-20(18)32-23/h2,4,6-8,14H,3,5,9-13H2,1H3. The molecule has 0 bridgehead atoms. The number of thiazole rings is 1. The number of rotatable bonds is 5. The number of carbonyl (C=O) groups is 3. The molecule has 5 rings (SSSR count). The van der Waals surface area contributed by atoms with E-state index < -0.39 is 0 Å². The Morgan fingerprint density at radius 3 is 2.62 bits per heavy atom. The van der Waals surface area contributed by atoms with Crippen LogP contribution < -0.4 is 4.90 Å². The predicted molar refractivity (Wildman–Crippen MR) is 122 cm³/mol. The van der Waals surface area contributed by atoms with Crippen molar-refractivity contribution in [3.05, 3.63) is 53.2 Å². The van der Waals surface area contributed by atoms with Crippen LogP contribution in [-0.4, -0.2) is 70.2 Å². The molecule has 2 aliphatic heterocycles. The van der Waals surface area contributed by atoms with Crippen LogP contribution >= 0.6 is 11.3 Å². The van der Waals surface area contributed by atoms with Gasteiger partial charge in [0.05, 0.1) is 11.1 Å². The molecule has 0 spiro atoms. The Balaban J connectivity index is 1.12. The van der Waals surface area contributed by atoms with Crippen molar-refractivity contribution in [2.45, 2.75) is 19.8 Å². The van der Waals surface area contributed by atoms with E-state index in [9.17, 15) is 14.4 Å². The number of piperazine rings is 1. The molecule has 1 fully saturated rings. The van der Waals surface area contributed by atoms with E-state index in [4.69, 9.17) is 0 Å². The van der Waals surface area contributed by atoms with Crippen LogP contribution in [0, 0.1) is 6.92 Å². The second-order valence-electron chi connectivity index (χ2n) is 8.11. The first-order valence-electron chi connectivity index (χ1n) is 10.7. The fourth-order valence-electron chi connectivity index (χ4n) is 4.19. The zero-order chi connectivity index (χ0) is 22.2. The van der Waals surface area contributed by atoms with Gasteiger partial charge in [0, 0.05) is 45.3 Å². The Bertz CT molecular complexity index is 1180.